The van der Waals surface area contributed by atoms with Crippen LogP contribution < -0.4 is 0 Å². The van der Waals surface area contributed by atoms with Gasteiger partial charge in [0, 0.05) is 6.61 Å². The van der Waals surface area contributed by atoms with Crippen molar-refractivity contribution in [1.82, 2.24) is 0 Å². The lowest BCUT2D eigenvalue weighted by Gasteiger charge is -1.95. The Hall–Kier alpha value is -0.300. The minimum absolute atomic E-state index is 0.722. The summed E-state index contributed by atoms with van der Waals surface area (Å²) in [5.74, 6) is 0. The molecule has 1 saturated heterocycles. The van der Waals surface area contributed by atoms with Gasteiger partial charge in [0.25, 0.3) is 0 Å². The first-order chi connectivity index (χ1) is 4.83. The zero-order valence-electron chi connectivity index (χ0n) is 6.73. The highest BCUT2D eigenvalue weighted by Gasteiger charge is 2.45. The van der Waals surface area contributed by atoms with Gasteiger partial charge in [0.05, 0.1) is 6.61 Å². The van der Waals surface area contributed by atoms with Crippen molar-refractivity contribution in [1.29, 1.82) is 0 Å². The third-order valence-corrected chi connectivity index (χ3v) is 2.14. The molecular weight excluding hydrogens is 124 g/mol. The largest absolute Gasteiger partial charge is 0.381 e. The molecule has 1 aliphatic heterocycles. The summed E-state index contributed by atoms with van der Waals surface area (Å²) in [6.45, 7) is 7.34. The molecule has 58 valence electrons. The molecule has 1 heteroatoms. The number of hydrogen-bond donors (Lipinski definition) is 0. The van der Waals surface area contributed by atoms with Crippen LogP contribution in [0.2, 0.25) is 0 Å². The van der Waals surface area contributed by atoms with Crippen LogP contribution >= 0.6 is 0 Å². The lowest BCUT2D eigenvalue weighted by molar-refractivity contribution is 0.182. The van der Waals surface area contributed by atoms with Gasteiger partial charge in [-0.1, -0.05) is 6.08 Å². The molecule has 0 radical (unpaired) electrons. The van der Waals surface area contributed by atoms with E-state index in [0.717, 1.165) is 18.6 Å². The average molecular weight is 140 g/mol. The lowest BCUT2D eigenvalue weighted by atomic mass is 10.1. The first-order valence-electron chi connectivity index (χ1n) is 3.98. The smallest absolute Gasteiger partial charge is 0.0523 e. The van der Waals surface area contributed by atoms with Crippen LogP contribution in [0.15, 0.2) is 12.7 Å². The van der Waals surface area contributed by atoms with Gasteiger partial charge in [0.1, 0.15) is 0 Å². The summed E-state index contributed by atoms with van der Waals surface area (Å²) in [6.07, 6.45) is 5.97. The molecule has 0 atom stereocenters. The molecule has 1 aliphatic carbocycles. The van der Waals surface area contributed by atoms with Gasteiger partial charge in [-0.25, -0.2) is 0 Å². The molecule has 1 spiro atoms. The summed E-state index contributed by atoms with van der Waals surface area (Å²) < 4.78 is 5.22. The normalized spacial score (nSPS) is 25.3. The fourth-order valence-electron chi connectivity index (χ4n) is 1.22. The van der Waals surface area contributed by atoms with Crippen molar-refractivity contribution in [3.8, 4) is 0 Å². The van der Waals surface area contributed by atoms with Crippen molar-refractivity contribution in [3.05, 3.63) is 12.7 Å². The van der Waals surface area contributed by atoms with E-state index >= 15 is 0 Å². The Labute approximate surface area is 63.1 Å². The van der Waals surface area contributed by atoms with Gasteiger partial charge in [0.2, 0.25) is 0 Å². The Morgan fingerprint density at radius 3 is 2.20 bits per heavy atom. The summed E-state index contributed by atoms with van der Waals surface area (Å²) >= 11 is 0. The molecule has 0 aromatic heterocycles. The summed E-state index contributed by atoms with van der Waals surface area (Å²) in [5.41, 5.74) is 0.722. The zero-order chi connectivity index (χ0) is 7.45. The van der Waals surface area contributed by atoms with E-state index in [9.17, 15) is 0 Å². The second kappa shape index (κ2) is 3.20. The summed E-state index contributed by atoms with van der Waals surface area (Å²) in [6, 6.07) is 0. The topological polar surface area (TPSA) is 9.23 Å². The molecule has 0 aromatic carbocycles. The maximum atomic E-state index is 5.22. The molecule has 0 aromatic rings. The minimum atomic E-state index is 0.722. The minimum Gasteiger partial charge on any atom is -0.381 e. The molecule has 0 N–H and O–H groups in total. The van der Waals surface area contributed by atoms with E-state index in [1.165, 1.54) is 19.3 Å². The fraction of sp³-hybridized carbons (Fsp3) is 0.778. The zero-order valence-corrected chi connectivity index (χ0v) is 6.73. The molecule has 1 nitrogen and oxygen atoms in total. The first-order valence-corrected chi connectivity index (χ1v) is 3.98. The van der Waals surface area contributed by atoms with Gasteiger partial charge in [-0.3, -0.25) is 0 Å². The monoisotopic (exact) mass is 140 g/mol. The molecular formula is C9H16O. The Morgan fingerprint density at radius 1 is 1.40 bits per heavy atom. The second-order valence-corrected chi connectivity index (χ2v) is 3.21. The van der Waals surface area contributed by atoms with E-state index in [1.54, 1.807) is 6.08 Å². The third kappa shape index (κ3) is 1.84. The van der Waals surface area contributed by atoms with Crippen molar-refractivity contribution in [2.45, 2.75) is 26.2 Å². The van der Waals surface area contributed by atoms with Crippen LogP contribution in [0.1, 0.15) is 26.2 Å². The van der Waals surface area contributed by atoms with E-state index in [2.05, 4.69) is 6.58 Å². The van der Waals surface area contributed by atoms with Crippen LogP contribution in [0.4, 0.5) is 0 Å². The highest BCUT2D eigenvalue weighted by atomic mass is 16.5. The quantitative estimate of drug-likeness (QED) is 0.469. The maximum absolute atomic E-state index is 5.22. The molecule has 10 heavy (non-hydrogen) atoms. The SMILES string of the molecule is C1CC2(CC2)CO1.C=CC. The number of ether oxygens (including phenoxy) is 1. The third-order valence-electron chi connectivity index (χ3n) is 2.14. The molecule has 0 unspecified atom stereocenters. The van der Waals surface area contributed by atoms with E-state index in [0.29, 0.717) is 0 Å². The molecule has 0 amide bonds. The average Bonchev–Trinajstić information content (AvgIpc) is 2.42. The Kier molecular flexibility index (Phi) is 2.50. The van der Waals surface area contributed by atoms with Crippen LogP contribution in [0, 0.1) is 5.41 Å². The molecule has 2 fully saturated rings. The van der Waals surface area contributed by atoms with Crippen molar-refractivity contribution >= 4 is 0 Å². The van der Waals surface area contributed by atoms with Crippen molar-refractivity contribution in [2.24, 2.45) is 5.41 Å². The summed E-state index contributed by atoms with van der Waals surface area (Å²) in [4.78, 5) is 0. The molecule has 0 bridgehead atoms. The van der Waals surface area contributed by atoms with Crippen molar-refractivity contribution < 1.29 is 4.74 Å². The highest BCUT2D eigenvalue weighted by molar-refractivity contribution is 4.95. The van der Waals surface area contributed by atoms with Crippen LogP contribution in [0.25, 0.3) is 0 Å². The van der Waals surface area contributed by atoms with E-state index in [4.69, 9.17) is 4.74 Å². The molecule has 1 saturated carbocycles. The standard InChI is InChI=1S/C6H10O.C3H6/c1-2-6(1)3-4-7-5-6;1-3-2/h1-5H2;3H,1H2,2H3. The van der Waals surface area contributed by atoms with Gasteiger partial charge >= 0.3 is 0 Å². The predicted octanol–water partition coefficient (Wildman–Crippen LogP) is 2.38. The van der Waals surface area contributed by atoms with Gasteiger partial charge in [-0.05, 0) is 31.6 Å². The lowest BCUT2D eigenvalue weighted by Crippen LogP contribution is -1.95. The number of hydrogen-bond acceptors (Lipinski definition) is 1. The second-order valence-electron chi connectivity index (χ2n) is 3.21. The number of rotatable bonds is 0. The fourth-order valence-corrected chi connectivity index (χ4v) is 1.22. The van der Waals surface area contributed by atoms with Gasteiger partial charge in [0.15, 0.2) is 0 Å². The maximum Gasteiger partial charge on any atom is 0.0523 e. The van der Waals surface area contributed by atoms with E-state index in [1.807, 2.05) is 6.92 Å². The predicted molar refractivity (Wildman–Crippen MR) is 43.0 cm³/mol. The first kappa shape index (κ1) is 7.80. The van der Waals surface area contributed by atoms with Gasteiger partial charge < -0.3 is 4.74 Å². The molecule has 2 rings (SSSR count). The van der Waals surface area contributed by atoms with Crippen LogP contribution in [0.3, 0.4) is 0 Å². The Morgan fingerprint density at radius 2 is 2.00 bits per heavy atom. The van der Waals surface area contributed by atoms with Gasteiger partial charge in [-0.2, -0.15) is 0 Å². The van der Waals surface area contributed by atoms with E-state index < -0.39 is 0 Å². The van der Waals surface area contributed by atoms with Crippen LogP contribution in [-0.2, 0) is 4.74 Å². The number of allylic oxidation sites excluding steroid dienone is 1. The van der Waals surface area contributed by atoms with Crippen molar-refractivity contribution in [2.75, 3.05) is 13.2 Å². The van der Waals surface area contributed by atoms with Crippen LogP contribution in [-0.4, -0.2) is 13.2 Å². The molecule has 1 heterocycles. The van der Waals surface area contributed by atoms with Gasteiger partial charge in [-0.15, -0.1) is 6.58 Å². The Balaban J connectivity index is 0.000000148. The van der Waals surface area contributed by atoms with Crippen LogP contribution in [0.5, 0.6) is 0 Å². The summed E-state index contributed by atoms with van der Waals surface area (Å²) in [7, 11) is 0. The highest BCUT2D eigenvalue weighted by Crippen LogP contribution is 2.51. The Bertz CT molecular complexity index is 106. The summed E-state index contributed by atoms with van der Waals surface area (Å²) in [5, 5.41) is 0. The van der Waals surface area contributed by atoms with Crippen molar-refractivity contribution in [3.63, 3.8) is 0 Å². The molecule has 2 aliphatic rings. The van der Waals surface area contributed by atoms with E-state index in [-0.39, 0.29) is 0 Å².